The number of amides is 2. The maximum absolute atomic E-state index is 12.2. The van der Waals surface area contributed by atoms with Crippen molar-refractivity contribution in [1.29, 1.82) is 0 Å². The molecular weight excluding hydrogens is 530 g/mol. The third kappa shape index (κ3) is 6.59. The molecule has 0 heterocycles. The number of esters is 1. The van der Waals surface area contributed by atoms with Crippen LogP contribution in [0.3, 0.4) is 0 Å². The summed E-state index contributed by atoms with van der Waals surface area (Å²) in [6.07, 6.45) is 1.37. The minimum absolute atomic E-state index is 0.357. The van der Waals surface area contributed by atoms with E-state index in [0.717, 1.165) is 4.47 Å². The molecule has 0 aliphatic carbocycles. The van der Waals surface area contributed by atoms with Gasteiger partial charge in [0.15, 0.2) is 0 Å². The van der Waals surface area contributed by atoms with Crippen LogP contribution in [0.5, 0.6) is 5.75 Å². The highest BCUT2D eigenvalue weighted by atomic mass is 79.9. The van der Waals surface area contributed by atoms with Gasteiger partial charge in [0.25, 0.3) is 0 Å². The Morgan fingerprint density at radius 1 is 0.839 bits per heavy atom. The van der Waals surface area contributed by atoms with Gasteiger partial charge in [0, 0.05) is 14.6 Å². The van der Waals surface area contributed by atoms with Crippen molar-refractivity contribution in [2.75, 3.05) is 5.32 Å². The van der Waals surface area contributed by atoms with Crippen molar-refractivity contribution in [2.24, 2.45) is 5.10 Å². The standard InChI is InChI=1S/C22H15Br2N3O4/c23-15-7-9-16(10-8-15)26-20(28)21(29)27-25-13-14-5-11-17(12-6-14)31-22(30)18-3-1-2-4-19(18)24/h1-13H,(H,26,28)(H,27,29). The van der Waals surface area contributed by atoms with E-state index < -0.39 is 17.8 Å². The first-order valence-electron chi connectivity index (χ1n) is 8.89. The SMILES string of the molecule is O=C(NN=Cc1ccc(OC(=O)c2ccccc2Br)cc1)C(=O)Nc1ccc(Br)cc1. The van der Waals surface area contributed by atoms with Crippen molar-refractivity contribution in [1.82, 2.24) is 5.43 Å². The largest absolute Gasteiger partial charge is 0.423 e. The Labute approximate surface area is 194 Å². The van der Waals surface area contributed by atoms with Gasteiger partial charge in [-0.25, -0.2) is 10.2 Å². The van der Waals surface area contributed by atoms with E-state index in [9.17, 15) is 14.4 Å². The Balaban J connectivity index is 1.51. The second kappa shape index (κ2) is 10.6. The van der Waals surface area contributed by atoms with Crippen LogP contribution in [0.25, 0.3) is 0 Å². The predicted octanol–water partition coefficient (Wildman–Crippen LogP) is 4.52. The molecule has 156 valence electrons. The Morgan fingerprint density at radius 2 is 1.52 bits per heavy atom. The smallest absolute Gasteiger partial charge is 0.344 e. The molecule has 2 N–H and O–H groups in total. The summed E-state index contributed by atoms with van der Waals surface area (Å²) in [6.45, 7) is 0. The van der Waals surface area contributed by atoms with Gasteiger partial charge in [-0.15, -0.1) is 0 Å². The van der Waals surface area contributed by atoms with Gasteiger partial charge in [-0.3, -0.25) is 9.59 Å². The van der Waals surface area contributed by atoms with Crippen LogP contribution in [0.1, 0.15) is 15.9 Å². The van der Waals surface area contributed by atoms with Crippen LogP contribution in [-0.4, -0.2) is 24.0 Å². The fourth-order valence-corrected chi connectivity index (χ4v) is 3.06. The molecule has 3 aromatic carbocycles. The second-order valence-electron chi connectivity index (χ2n) is 6.10. The summed E-state index contributed by atoms with van der Waals surface area (Å²) in [5, 5.41) is 6.22. The van der Waals surface area contributed by atoms with Crippen molar-refractivity contribution in [3.63, 3.8) is 0 Å². The molecule has 9 heteroatoms. The van der Waals surface area contributed by atoms with Gasteiger partial charge in [-0.05, 0) is 82.2 Å². The number of anilines is 1. The normalized spacial score (nSPS) is 10.5. The van der Waals surface area contributed by atoms with E-state index in [2.05, 4.69) is 47.7 Å². The summed E-state index contributed by atoms with van der Waals surface area (Å²) in [6, 6.07) is 20.2. The fourth-order valence-electron chi connectivity index (χ4n) is 2.35. The lowest BCUT2D eigenvalue weighted by molar-refractivity contribution is -0.136. The fraction of sp³-hybridized carbons (Fsp3) is 0. The molecule has 0 atom stereocenters. The van der Waals surface area contributed by atoms with Gasteiger partial charge in [-0.1, -0.05) is 28.1 Å². The van der Waals surface area contributed by atoms with E-state index in [1.807, 2.05) is 0 Å². The number of hydrogen-bond donors (Lipinski definition) is 2. The highest BCUT2D eigenvalue weighted by molar-refractivity contribution is 9.10. The molecule has 0 aromatic heterocycles. The Morgan fingerprint density at radius 3 is 2.19 bits per heavy atom. The van der Waals surface area contributed by atoms with Gasteiger partial charge in [-0.2, -0.15) is 5.10 Å². The number of benzene rings is 3. The molecule has 0 aliphatic rings. The number of hydrogen-bond acceptors (Lipinski definition) is 5. The number of halogens is 2. The van der Waals surface area contributed by atoms with Crippen LogP contribution in [0.4, 0.5) is 5.69 Å². The van der Waals surface area contributed by atoms with Crippen molar-refractivity contribution in [2.45, 2.75) is 0 Å². The van der Waals surface area contributed by atoms with Crippen LogP contribution in [0.15, 0.2) is 86.8 Å². The van der Waals surface area contributed by atoms with Crippen molar-refractivity contribution < 1.29 is 19.1 Å². The first-order chi connectivity index (χ1) is 14.9. The third-order valence-electron chi connectivity index (χ3n) is 3.87. The van der Waals surface area contributed by atoms with Gasteiger partial charge < -0.3 is 10.1 Å². The molecule has 0 radical (unpaired) electrons. The highest BCUT2D eigenvalue weighted by Crippen LogP contribution is 2.19. The first kappa shape index (κ1) is 22.4. The summed E-state index contributed by atoms with van der Waals surface area (Å²) in [5.41, 5.74) is 3.69. The topological polar surface area (TPSA) is 96.9 Å². The van der Waals surface area contributed by atoms with Gasteiger partial charge in [0.1, 0.15) is 5.75 Å². The molecule has 7 nitrogen and oxygen atoms in total. The van der Waals surface area contributed by atoms with E-state index >= 15 is 0 Å². The highest BCUT2D eigenvalue weighted by Gasteiger charge is 2.13. The zero-order valence-corrected chi connectivity index (χ0v) is 19.0. The Kier molecular flexibility index (Phi) is 7.69. The molecular formula is C22H15Br2N3O4. The van der Waals surface area contributed by atoms with Gasteiger partial charge in [0.2, 0.25) is 0 Å². The van der Waals surface area contributed by atoms with Crippen LogP contribution in [0.2, 0.25) is 0 Å². The van der Waals surface area contributed by atoms with Crippen LogP contribution in [-0.2, 0) is 9.59 Å². The summed E-state index contributed by atoms with van der Waals surface area (Å²) >= 11 is 6.60. The average molecular weight is 545 g/mol. The zero-order valence-electron chi connectivity index (χ0n) is 15.8. The molecule has 31 heavy (non-hydrogen) atoms. The molecule has 0 aliphatic heterocycles. The van der Waals surface area contributed by atoms with Crippen LogP contribution >= 0.6 is 31.9 Å². The first-order valence-corrected chi connectivity index (χ1v) is 10.5. The third-order valence-corrected chi connectivity index (χ3v) is 5.09. The van der Waals surface area contributed by atoms with E-state index in [4.69, 9.17) is 4.74 Å². The second-order valence-corrected chi connectivity index (χ2v) is 7.87. The van der Waals surface area contributed by atoms with Crippen LogP contribution in [0, 0.1) is 0 Å². The number of ether oxygens (including phenoxy) is 1. The lowest BCUT2D eigenvalue weighted by Crippen LogP contribution is -2.32. The molecule has 3 aromatic rings. The number of nitrogens with zero attached hydrogens (tertiary/aromatic N) is 1. The van der Waals surface area contributed by atoms with Gasteiger partial charge >= 0.3 is 17.8 Å². The minimum Gasteiger partial charge on any atom is -0.423 e. The molecule has 3 rings (SSSR count). The van der Waals surface area contributed by atoms with E-state index in [0.29, 0.717) is 27.0 Å². The monoisotopic (exact) mass is 543 g/mol. The maximum Gasteiger partial charge on any atom is 0.344 e. The van der Waals surface area contributed by atoms with Crippen LogP contribution < -0.4 is 15.5 Å². The number of rotatable bonds is 5. The summed E-state index contributed by atoms with van der Waals surface area (Å²) in [7, 11) is 0. The lowest BCUT2D eigenvalue weighted by Gasteiger charge is -2.06. The molecule has 0 saturated heterocycles. The predicted molar refractivity (Wildman–Crippen MR) is 124 cm³/mol. The van der Waals surface area contributed by atoms with Crippen molar-refractivity contribution in [3.8, 4) is 5.75 Å². The molecule has 0 spiro atoms. The number of nitrogens with one attached hydrogen (secondary N) is 2. The molecule has 0 fully saturated rings. The summed E-state index contributed by atoms with van der Waals surface area (Å²) < 4.78 is 6.83. The summed E-state index contributed by atoms with van der Waals surface area (Å²) in [5.74, 6) is -1.87. The van der Waals surface area contributed by atoms with Crippen molar-refractivity contribution >= 4 is 61.5 Å². The molecule has 0 unspecified atom stereocenters. The zero-order chi connectivity index (χ0) is 22.2. The molecule has 2 amide bonds. The number of hydrazone groups is 1. The number of carbonyl (C=O) groups is 3. The average Bonchev–Trinajstić information content (AvgIpc) is 2.76. The van der Waals surface area contributed by atoms with E-state index in [1.165, 1.54) is 6.21 Å². The Bertz CT molecular complexity index is 1130. The maximum atomic E-state index is 12.2. The van der Waals surface area contributed by atoms with E-state index in [1.54, 1.807) is 72.8 Å². The van der Waals surface area contributed by atoms with E-state index in [-0.39, 0.29) is 0 Å². The molecule has 0 saturated carbocycles. The van der Waals surface area contributed by atoms with Crippen molar-refractivity contribution in [3.05, 3.63) is 92.9 Å². The summed E-state index contributed by atoms with van der Waals surface area (Å²) in [4.78, 5) is 35.9. The minimum atomic E-state index is -0.904. The molecule has 0 bridgehead atoms. The lowest BCUT2D eigenvalue weighted by atomic mass is 10.2. The number of carbonyl (C=O) groups excluding carboxylic acids is 3. The van der Waals surface area contributed by atoms with Gasteiger partial charge in [0.05, 0.1) is 11.8 Å². The quantitative estimate of drug-likeness (QED) is 0.162. The Hall–Kier alpha value is -3.30.